The Bertz CT molecular complexity index is 1000. The number of nitro groups is 1. The van der Waals surface area contributed by atoms with Crippen molar-refractivity contribution in [3.05, 3.63) is 68.2 Å². The third-order valence-corrected chi connectivity index (χ3v) is 3.97. The van der Waals surface area contributed by atoms with E-state index >= 15 is 0 Å². The standard InChI is InChI=1S/C18H12Cl2F2N2O6/c19-12-4-1-10(7-14(12)24(27)28)2-6-17(26)29-9-16(25)23-11-3-5-15(13(20)8-11)30-18(21)22/h1-8,18H,9H2,(H,23,25)/b6-2+. The Morgan fingerprint density at radius 2 is 1.90 bits per heavy atom. The minimum atomic E-state index is -3.05. The molecular weight excluding hydrogens is 449 g/mol. The Hall–Kier alpha value is -3.24. The number of alkyl halides is 2. The number of nitrogens with one attached hydrogen (secondary N) is 1. The molecule has 12 heteroatoms. The van der Waals surface area contributed by atoms with Gasteiger partial charge in [0.15, 0.2) is 6.61 Å². The molecule has 1 N–H and O–H groups in total. The van der Waals surface area contributed by atoms with E-state index in [-0.39, 0.29) is 27.2 Å². The second-order valence-corrected chi connectivity index (χ2v) is 6.30. The number of benzene rings is 2. The van der Waals surface area contributed by atoms with Crippen LogP contribution < -0.4 is 10.1 Å². The van der Waals surface area contributed by atoms with E-state index in [1.165, 1.54) is 36.4 Å². The highest BCUT2D eigenvalue weighted by Gasteiger charge is 2.13. The van der Waals surface area contributed by atoms with Gasteiger partial charge in [0.05, 0.1) is 9.95 Å². The van der Waals surface area contributed by atoms with Gasteiger partial charge >= 0.3 is 12.6 Å². The van der Waals surface area contributed by atoms with Crippen LogP contribution in [0.2, 0.25) is 10.0 Å². The molecule has 0 aliphatic heterocycles. The zero-order chi connectivity index (χ0) is 22.3. The number of hydrogen-bond acceptors (Lipinski definition) is 6. The molecule has 2 aromatic rings. The minimum absolute atomic E-state index is 0.0506. The zero-order valence-electron chi connectivity index (χ0n) is 14.8. The molecule has 0 heterocycles. The molecule has 0 bridgehead atoms. The highest BCUT2D eigenvalue weighted by Crippen LogP contribution is 2.29. The Morgan fingerprint density at radius 1 is 1.17 bits per heavy atom. The molecule has 0 aromatic heterocycles. The lowest BCUT2D eigenvalue weighted by molar-refractivity contribution is -0.384. The maximum absolute atomic E-state index is 12.2. The Labute approximate surface area is 178 Å². The van der Waals surface area contributed by atoms with Crippen molar-refractivity contribution in [1.29, 1.82) is 0 Å². The van der Waals surface area contributed by atoms with Crippen LogP contribution in [0.25, 0.3) is 6.08 Å². The van der Waals surface area contributed by atoms with Gasteiger partial charge < -0.3 is 14.8 Å². The van der Waals surface area contributed by atoms with Gasteiger partial charge in [0.2, 0.25) is 0 Å². The number of hydrogen-bond donors (Lipinski definition) is 1. The number of nitrogens with zero attached hydrogens (tertiary/aromatic N) is 1. The number of ether oxygens (including phenoxy) is 2. The molecule has 0 saturated heterocycles. The van der Waals surface area contributed by atoms with Gasteiger partial charge in [-0.25, -0.2) is 4.79 Å². The van der Waals surface area contributed by atoms with Crippen molar-refractivity contribution in [2.45, 2.75) is 6.61 Å². The Balaban J connectivity index is 1.88. The first-order chi connectivity index (χ1) is 14.2. The fourth-order valence-corrected chi connectivity index (χ4v) is 2.50. The Kier molecular flexibility index (Phi) is 8.07. The number of anilines is 1. The molecule has 0 fully saturated rings. The highest BCUT2D eigenvalue weighted by molar-refractivity contribution is 6.32. The van der Waals surface area contributed by atoms with Gasteiger partial charge in [-0.2, -0.15) is 8.78 Å². The number of esters is 1. The molecule has 158 valence electrons. The first-order valence-electron chi connectivity index (χ1n) is 7.98. The SMILES string of the molecule is O=C(COC(=O)/C=C/c1ccc(Cl)c([N+](=O)[O-])c1)Nc1ccc(OC(F)F)c(Cl)c1. The summed E-state index contributed by atoms with van der Waals surface area (Å²) in [6, 6.07) is 7.54. The average molecular weight is 461 g/mol. The summed E-state index contributed by atoms with van der Waals surface area (Å²) in [5.41, 5.74) is 0.176. The van der Waals surface area contributed by atoms with Crippen LogP contribution in [0.4, 0.5) is 20.2 Å². The van der Waals surface area contributed by atoms with E-state index in [2.05, 4.69) is 10.1 Å². The predicted octanol–water partition coefficient (Wildman–Crippen LogP) is 4.70. The molecule has 0 radical (unpaired) electrons. The zero-order valence-corrected chi connectivity index (χ0v) is 16.3. The van der Waals surface area contributed by atoms with Gasteiger partial charge in [-0.05, 0) is 35.9 Å². The fraction of sp³-hybridized carbons (Fsp3) is 0.111. The maximum Gasteiger partial charge on any atom is 0.387 e. The maximum atomic E-state index is 12.2. The number of rotatable bonds is 8. The van der Waals surface area contributed by atoms with Gasteiger partial charge in [-0.3, -0.25) is 14.9 Å². The lowest BCUT2D eigenvalue weighted by Crippen LogP contribution is -2.20. The summed E-state index contributed by atoms with van der Waals surface area (Å²) in [5.74, 6) is -1.84. The van der Waals surface area contributed by atoms with E-state index in [4.69, 9.17) is 27.9 Å². The van der Waals surface area contributed by atoms with Crippen molar-refractivity contribution in [1.82, 2.24) is 0 Å². The summed E-state index contributed by atoms with van der Waals surface area (Å²) in [6.45, 7) is -3.69. The van der Waals surface area contributed by atoms with Crippen molar-refractivity contribution < 1.29 is 32.8 Å². The summed E-state index contributed by atoms with van der Waals surface area (Å²) >= 11 is 11.5. The number of amides is 1. The van der Waals surface area contributed by atoms with Gasteiger partial charge in [0, 0.05) is 17.8 Å². The molecule has 2 rings (SSSR count). The molecule has 0 aliphatic rings. The molecule has 0 saturated carbocycles. The molecule has 0 atom stereocenters. The van der Waals surface area contributed by atoms with E-state index in [0.717, 1.165) is 12.1 Å². The first-order valence-corrected chi connectivity index (χ1v) is 8.74. The van der Waals surface area contributed by atoms with Crippen LogP contribution in [-0.4, -0.2) is 30.0 Å². The van der Waals surface area contributed by atoms with Crippen molar-refractivity contribution in [3.8, 4) is 5.75 Å². The second kappa shape index (κ2) is 10.5. The van der Waals surface area contributed by atoms with Gasteiger partial charge in [-0.1, -0.05) is 29.3 Å². The van der Waals surface area contributed by atoms with Gasteiger partial charge in [0.1, 0.15) is 10.8 Å². The monoisotopic (exact) mass is 460 g/mol. The number of carbonyl (C=O) groups excluding carboxylic acids is 2. The third-order valence-electron chi connectivity index (χ3n) is 3.36. The highest BCUT2D eigenvalue weighted by atomic mass is 35.5. The molecule has 0 spiro atoms. The Morgan fingerprint density at radius 3 is 2.53 bits per heavy atom. The van der Waals surface area contributed by atoms with E-state index in [1.807, 2.05) is 0 Å². The van der Waals surface area contributed by atoms with Crippen LogP contribution in [0.15, 0.2) is 42.5 Å². The molecule has 0 unspecified atom stereocenters. The molecule has 30 heavy (non-hydrogen) atoms. The second-order valence-electron chi connectivity index (χ2n) is 5.48. The topological polar surface area (TPSA) is 108 Å². The molecule has 0 aliphatic carbocycles. The number of carbonyl (C=O) groups is 2. The van der Waals surface area contributed by atoms with Crippen LogP contribution in [-0.2, 0) is 14.3 Å². The summed E-state index contributed by atoms with van der Waals surface area (Å²) < 4.78 is 33.3. The van der Waals surface area contributed by atoms with E-state index in [0.29, 0.717) is 5.56 Å². The third kappa shape index (κ3) is 6.98. The lowest BCUT2D eigenvalue weighted by atomic mass is 10.2. The van der Waals surface area contributed by atoms with Gasteiger partial charge in [0.25, 0.3) is 11.6 Å². The molecule has 8 nitrogen and oxygen atoms in total. The van der Waals surface area contributed by atoms with Crippen LogP contribution in [0.5, 0.6) is 5.75 Å². The predicted molar refractivity (Wildman–Crippen MR) is 105 cm³/mol. The average Bonchev–Trinajstić information content (AvgIpc) is 2.67. The van der Waals surface area contributed by atoms with Crippen molar-refractivity contribution in [3.63, 3.8) is 0 Å². The summed E-state index contributed by atoms with van der Waals surface area (Å²) in [5, 5.41) is 13.0. The smallest absolute Gasteiger partial charge is 0.387 e. The van der Waals surface area contributed by atoms with Crippen LogP contribution in [0.1, 0.15) is 5.56 Å². The lowest BCUT2D eigenvalue weighted by Gasteiger charge is -2.09. The van der Waals surface area contributed by atoms with E-state index < -0.39 is 30.0 Å². The van der Waals surface area contributed by atoms with Crippen molar-refractivity contribution in [2.75, 3.05) is 11.9 Å². The van der Waals surface area contributed by atoms with E-state index in [1.54, 1.807) is 0 Å². The fourth-order valence-electron chi connectivity index (χ4n) is 2.09. The number of nitro benzene ring substituents is 1. The van der Waals surface area contributed by atoms with Crippen LogP contribution >= 0.6 is 23.2 Å². The van der Waals surface area contributed by atoms with Crippen molar-refractivity contribution >= 4 is 52.5 Å². The number of halogens is 4. The van der Waals surface area contributed by atoms with Gasteiger partial charge in [-0.15, -0.1) is 0 Å². The minimum Gasteiger partial charge on any atom is -0.452 e. The summed E-state index contributed by atoms with van der Waals surface area (Å²) in [4.78, 5) is 33.7. The molecule has 2 aromatic carbocycles. The van der Waals surface area contributed by atoms with Crippen LogP contribution in [0, 0.1) is 10.1 Å². The summed E-state index contributed by atoms with van der Waals surface area (Å²) in [7, 11) is 0. The quantitative estimate of drug-likeness (QED) is 0.264. The van der Waals surface area contributed by atoms with Crippen LogP contribution in [0.3, 0.4) is 0 Å². The molecule has 1 amide bonds. The summed E-state index contributed by atoms with van der Waals surface area (Å²) in [6.07, 6.45) is 2.23. The normalized spacial score (nSPS) is 10.8. The largest absolute Gasteiger partial charge is 0.452 e. The van der Waals surface area contributed by atoms with Crippen molar-refractivity contribution in [2.24, 2.45) is 0 Å². The first kappa shape index (κ1) is 23.0. The van der Waals surface area contributed by atoms with E-state index in [9.17, 15) is 28.5 Å². The molecular formula is C18H12Cl2F2N2O6.